The normalized spacial score (nSPS) is 16.5. The summed E-state index contributed by atoms with van der Waals surface area (Å²) in [6.07, 6.45) is 7.12. The van der Waals surface area contributed by atoms with Crippen LogP contribution in [-0.4, -0.2) is 16.4 Å². The van der Waals surface area contributed by atoms with Crippen LogP contribution in [0.4, 0.5) is 0 Å². The zero-order valence-corrected chi connectivity index (χ0v) is 14.4. The Morgan fingerprint density at radius 1 is 1.21 bits per heavy atom. The molecule has 1 heterocycles. The van der Waals surface area contributed by atoms with Gasteiger partial charge in [-0.15, -0.1) is 0 Å². The summed E-state index contributed by atoms with van der Waals surface area (Å²) in [7, 11) is 0. The zero-order chi connectivity index (χ0) is 17.0. The van der Waals surface area contributed by atoms with E-state index in [1.807, 2.05) is 44.3 Å². The first-order valence-corrected chi connectivity index (χ1v) is 8.78. The smallest absolute Gasteiger partial charge is 0.223 e. The van der Waals surface area contributed by atoms with Crippen LogP contribution in [0.1, 0.15) is 51.5 Å². The lowest BCUT2D eigenvalue weighted by Gasteiger charge is -2.34. The van der Waals surface area contributed by atoms with E-state index >= 15 is 0 Å². The molecule has 0 aliphatic heterocycles. The number of carbonyl (C=O) groups excluding carboxylic acids is 1. The first kappa shape index (κ1) is 16.5. The van der Waals surface area contributed by atoms with Gasteiger partial charge in [-0.25, -0.2) is 0 Å². The van der Waals surface area contributed by atoms with Crippen LogP contribution in [0.3, 0.4) is 0 Å². The van der Waals surface area contributed by atoms with Crippen LogP contribution >= 0.6 is 0 Å². The fourth-order valence-corrected chi connectivity index (χ4v) is 3.15. The van der Waals surface area contributed by atoms with Crippen LogP contribution in [0, 0.1) is 17.8 Å². The highest BCUT2D eigenvalue weighted by Crippen LogP contribution is 2.28. The van der Waals surface area contributed by atoms with E-state index in [1.54, 1.807) is 0 Å². The molecule has 24 heavy (non-hydrogen) atoms. The number of aromatic nitrogens is 1. The molecule has 0 unspecified atom stereocenters. The van der Waals surface area contributed by atoms with Gasteiger partial charge in [0.05, 0.1) is 5.52 Å². The second-order valence-electron chi connectivity index (χ2n) is 6.95. The number of rotatable bonds is 2. The Morgan fingerprint density at radius 3 is 2.71 bits per heavy atom. The lowest BCUT2D eigenvalue weighted by molar-refractivity contribution is -0.125. The van der Waals surface area contributed by atoms with Crippen molar-refractivity contribution in [3.05, 3.63) is 42.1 Å². The molecule has 0 spiro atoms. The number of amides is 1. The molecule has 1 amide bonds. The fraction of sp³-hybridized carbons (Fsp3) is 0.429. The van der Waals surface area contributed by atoms with Crippen molar-refractivity contribution in [2.75, 3.05) is 0 Å². The molecule has 124 valence electrons. The number of benzene rings is 1. The topological polar surface area (TPSA) is 42.0 Å². The van der Waals surface area contributed by atoms with Crippen LogP contribution in [0.2, 0.25) is 0 Å². The van der Waals surface area contributed by atoms with Crippen molar-refractivity contribution in [3.8, 4) is 11.8 Å². The van der Waals surface area contributed by atoms with E-state index in [2.05, 4.69) is 28.2 Å². The molecule has 2 aromatic rings. The van der Waals surface area contributed by atoms with Crippen molar-refractivity contribution in [3.63, 3.8) is 0 Å². The highest BCUT2D eigenvalue weighted by atomic mass is 16.2. The minimum Gasteiger partial charge on any atom is -0.340 e. The predicted molar refractivity (Wildman–Crippen MR) is 97.4 cm³/mol. The molecule has 1 aliphatic carbocycles. The summed E-state index contributed by atoms with van der Waals surface area (Å²) < 4.78 is 0. The van der Waals surface area contributed by atoms with Gasteiger partial charge in [-0.05, 0) is 25.0 Å². The summed E-state index contributed by atoms with van der Waals surface area (Å²) in [5.41, 5.74) is 1.49. The van der Waals surface area contributed by atoms with Crippen molar-refractivity contribution in [2.45, 2.75) is 51.5 Å². The predicted octanol–water partition coefficient (Wildman–Crippen LogP) is 4.06. The average molecular weight is 320 g/mol. The average Bonchev–Trinajstić information content (AvgIpc) is 2.60. The number of fused-ring (bicyclic) bond motifs is 1. The summed E-state index contributed by atoms with van der Waals surface area (Å²) in [5, 5.41) is 4.30. The minimum atomic E-state index is -0.384. The lowest BCUT2D eigenvalue weighted by Crippen LogP contribution is -2.50. The molecule has 0 bridgehead atoms. The van der Waals surface area contributed by atoms with Gasteiger partial charge in [0.2, 0.25) is 5.91 Å². The molecule has 3 heteroatoms. The van der Waals surface area contributed by atoms with E-state index in [1.165, 1.54) is 6.42 Å². The summed E-state index contributed by atoms with van der Waals surface area (Å²) >= 11 is 0. The molecule has 3 rings (SSSR count). The summed E-state index contributed by atoms with van der Waals surface area (Å²) in [6.45, 7) is 3.85. The van der Waals surface area contributed by atoms with Crippen molar-refractivity contribution in [1.82, 2.24) is 10.3 Å². The van der Waals surface area contributed by atoms with Gasteiger partial charge in [-0.2, -0.15) is 0 Å². The lowest BCUT2D eigenvalue weighted by atomic mass is 9.81. The number of carbonyl (C=O) groups is 1. The molecule has 0 atom stereocenters. The van der Waals surface area contributed by atoms with E-state index in [9.17, 15) is 4.79 Å². The van der Waals surface area contributed by atoms with Gasteiger partial charge >= 0.3 is 0 Å². The van der Waals surface area contributed by atoms with Gasteiger partial charge in [0.15, 0.2) is 0 Å². The quantitative estimate of drug-likeness (QED) is 0.848. The molecule has 1 aromatic heterocycles. The van der Waals surface area contributed by atoms with Gasteiger partial charge < -0.3 is 5.32 Å². The molecule has 1 N–H and O–H groups in total. The van der Waals surface area contributed by atoms with E-state index in [-0.39, 0.29) is 17.4 Å². The van der Waals surface area contributed by atoms with Crippen molar-refractivity contribution < 1.29 is 4.79 Å². The molecular formula is C21H24N2O. The molecular weight excluding hydrogens is 296 g/mol. The number of hydrogen-bond donors (Lipinski definition) is 1. The van der Waals surface area contributed by atoms with Gasteiger partial charge in [0, 0.05) is 23.1 Å². The Labute approximate surface area is 143 Å². The van der Waals surface area contributed by atoms with Gasteiger partial charge in [0.25, 0.3) is 0 Å². The van der Waals surface area contributed by atoms with Crippen molar-refractivity contribution >= 4 is 16.8 Å². The van der Waals surface area contributed by atoms with E-state index in [0.717, 1.165) is 42.1 Å². The van der Waals surface area contributed by atoms with E-state index in [0.29, 0.717) is 0 Å². The highest BCUT2D eigenvalue weighted by Gasteiger charge is 2.32. The molecule has 1 fully saturated rings. The van der Waals surface area contributed by atoms with Crippen LogP contribution < -0.4 is 5.32 Å². The maximum absolute atomic E-state index is 12.2. The van der Waals surface area contributed by atoms with Crippen LogP contribution in [0.25, 0.3) is 10.9 Å². The van der Waals surface area contributed by atoms with Crippen molar-refractivity contribution in [1.29, 1.82) is 0 Å². The SMILES string of the molecule is CC(C)C(=O)NC1(C#Cc2cnc3ccccc3c2)CCCCC1. The van der Waals surface area contributed by atoms with Gasteiger partial charge in [-0.1, -0.05) is 63.1 Å². The molecule has 0 radical (unpaired) electrons. The summed E-state index contributed by atoms with van der Waals surface area (Å²) in [6, 6.07) is 10.1. The van der Waals surface area contributed by atoms with Gasteiger partial charge in [-0.3, -0.25) is 9.78 Å². The Balaban J connectivity index is 1.89. The summed E-state index contributed by atoms with van der Waals surface area (Å²) in [4.78, 5) is 16.7. The first-order chi connectivity index (χ1) is 11.6. The number of para-hydroxylation sites is 1. The van der Waals surface area contributed by atoms with Crippen molar-refractivity contribution in [2.24, 2.45) is 5.92 Å². The first-order valence-electron chi connectivity index (χ1n) is 8.78. The fourth-order valence-electron chi connectivity index (χ4n) is 3.15. The molecule has 3 nitrogen and oxygen atoms in total. The molecule has 1 aliphatic rings. The molecule has 1 saturated carbocycles. The standard InChI is InChI=1S/C21H24N2O/c1-16(2)20(24)23-21(11-6-3-7-12-21)13-10-17-14-18-8-4-5-9-19(18)22-15-17/h4-5,8-9,14-16H,3,6-7,11-12H2,1-2H3,(H,23,24). The van der Waals surface area contributed by atoms with Gasteiger partial charge in [0.1, 0.15) is 5.54 Å². The Bertz CT molecular complexity index is 792. The minimum absolute atomic E-state index is 0.0204. The van der Waals surface area contributed by atoms with E-state index in [4.69, 9.17) is 0 Å². The highest BCUT2D eigenvalue weighted by molar-refractivity contribution is 5.80. The van der Waals surface area contributed by atoms with Crippen LogP contribution in [0.15, 0.2) is 36.5 Å². The third-order valence-electron chi connectivity index (χ3n) is 4.63. The maximum atomic E-state index is 12.2. The van der Waals surface area contributed by atoms with Crippen LogP contribution in [-0.2, 0) is 4.79 Å². The van der Waals surface area contributed by atoms with Crippen LogP contribution in [0.5, 0.6) is 0 Å². The second-order valence-corrected chi connectivity index (χ2v) is 6.95. The molecule has 1 aromatic carbocycles. The second kappa shape index (κ2) is 7.05. The third kappa shape index (κ3) is 3.76. The number of hydrogen-bond acceptors (Lipinski definition) is 2. The largest absolute Gasteiger partial charge is 0.340 e. The molecule has 0 saturated heterocycles. The Morgan fingerprint density at radius 2 is 1.96 bits per heavy atom. The summed E-state index contributed by atoms with van der Waals surface area (Å²) in [5.74, 6) is 6.71. The monoisotopic (exact) mass is 320 g/mol. The number of pyridine rings is 1. The number of nitrogens with one attached hydrogen (secondary N) is 1. The maximum Gasteiger partial charge on any atom is 0.223 e. The number of nitrogens with zero attached hydrogens (tertiary/aromatic N) is 1. The van der Waals surface area contributed by atoms with E-state index < -0.39 is 0 Å². The zero-order valence-electron chi connectivity index (χ0n) is 14.4. The Kier molecular flexibility index (Phi) is 4.85. The Hall–Kier alpha value is -2.34. The third-order valence-corrected chi connectivity index (χ3v) is 4.63.